The first-order valence-corrected chi connectivity index (χ1v) is 7.27. The van der Waals surface area contributed by atoms with E-state index in [9.17, 15) is 0 Å². The molecular weight excluding hydrogens is 286 g/mol. The largest absolute Gasteiger partial charge is 0.497 e. The topological polar surface area (TPSA) is 85.1 Å². The van der Waals surface area contributed by atoms with Crippen molar-refractivity contribution in [3.8, 4) is 5.75 Å². The fourth-order valence-electron chi connectivity index (χ4n) is 2.02. The molecule has 108 valence electrons. The van der Waals surface area contributed by atoms with Crippen LogP contribution in [0.25, 0.3) is 10.2 Å². The molecule has 0 aliphatic heterocycles. The van der Waals surface area contributed by atoms with Crippen LogP contribution in [0.5, 0.6) is 5.75 Å². The summed E-state index contributed by atoms with van der Waals surface area (Å²) in [5.74, 6) is 7.41. The molecule has 0 amide bonds. The number of nitrogen functional groups attached to an aromatic ring is 1. The van der Waals surface area contributed by atoms with Gasteiger partial charge in [-0.1, -0.05) is 12.1 Å². The standard InChI is InChI=1S/C14H15N5OS/c1-20-10-4-2-3-9(7-10)8-16-12-11-5-6-21-13(11)18-14(17-12)19-15/h2-7H,8,15H2,1H3,(H2,16,17,18,19). The second-order valence-electron chi connectivity index (χ2n) is 4.38. The zero-order valence-corrected chi connectivity index (χ0v) is 12.3. The fourth-order valence-corrected chi connectivity index (χ4v) is 2.79. The second-order valence-corrected chi connectivity index (χ2v) is 5.28. The highest BCUT2D eigenvalue weighted by Gasteiger charge is 2.08. The van der Waals surface area contributed by atoms with Crippen LogP contribution in [-0.2, 0) is 6.54 Å². The summed E-state index contributed by atoms with van der Waals surface area (Å²) in [6, 6.07) is 9.89. The Labute approximate surface area is 126 Å². The summed E-state index contributed by atoms with van der Waals surface area (Å²) < 4.78 is 5.22. The van der Waals surface area contributed by atoms with Gasteiger partial charge in [0.05, 0.1) is 12.5 Å². The van der Waals surface area contributed by atoms with E-state index in [1.54, 1.807) is 18.4 Å². The molecule has 1 aromatic carbocycles. The van der Waals surface area contributed by atoms with Crippen LogP contribution in [0.1, 0.15) is 5.56 Å². The van der Waals surface area contributed by atoms with Crippen molar-refractivity contribution in [1.29, 1.82) is 0 Å². The van der Waals surface area contributed by atoms with Crippen molar-refractivity contribution in [3.63, 3.8) is 0 Å². The maximum atomic E-state index is 5.41. The highest BCUT2D eigenvalue weighted by Crippen LogP contribution is 2.26. The summed E-state index contributed by atoms with van der Waals surface area (Å²) in [5, 5.41) is 6.29. The number of fused-ring (bicyclic) bond motifs is 1. The molecule has 0 aliphatic rings. The van der Waals surface area contributed by atoms with Crippen LogP contribution in [-0.4, -0.2) is 17.1 Å². The maximum Gasteiger partial charge on any atom is 0.240 e. The Kier molecular flexibility index (Phi) is 3.85. The Hall–Kier alpha value is -2.38. The minimum atomic E-state index is 0.401. The summed E-state index contributed by atoms with van der Waals surface area (Å²) in [4.78, 5) is 9.57. The third-order valence-corrected chi connectivity index (χ3v) is 3.85. The molecule has 7 heteroatoms. The van der Waals surface area contributed by atoms with Crippen molar-refractivity contribution in [2.75, 3.05) is 17.9 Å². The lowest BCUT2D eigenvalue weighted by Crippen LogP contribution is -2.12. The quantitative estimate of drug-likeness (QED) is 0.496. The molecule has 3 aromatic rings. The highest BCUT2D eigenvalue weighted by atomic mass is 32.1. The van der Waals surface area contributed by atoms with Crippen LogP contribution in [0.15, 0.2) is 35.7 Å². The Morgan fingerprint density at radius 1 is 1.29 bits per heavy atom. The molecule has 4 N–H and O–H groups in total. The van der Waals surface area contributed by atoms with Crippen LogP contribution in [0.3, 0.4) is 0 Å². The van der Waals surface area contributed by atoms with Crippen molar-refractivity contribution >= 4 is 33.3 Å². The number of hydrazine groups is 1. The number of benzene rings is 1. The van der Waals surface area contributed by atoms with E-state index in [2.05, 4.69) is 20.7 Å². The van der Waals surface area contributed by atoms with Gasteiger partial charge in [0.15, 0.2) is 0 Å². The first-order chi connectivity index (χ1) is 10.3. The molecule has 0 fully saturated rings. The van der Waals surface area contributed by atoms with E-state index in [1.165, 1.54) is 0 Å². The van der Waals surface area contributed by atoms with Gasteiger partial charge in [-0.25, -0.2) is 10.8 Å². The third-order valence-electron chi connectivity index (χ3n) is 3.05. The molecule has 2 aromatic heterocycles. The number of nitrogens with two attached hydrogens (primary N) is 1. The predicted molar refractivity (Wildman–Crippen MR) is 85.5 cm³/mol. The molecule has 6 nitrogen and oxygen atoms in total. The number of rotatable bonds is 5. The number of aromatic nitrogens is 2. The number of hydrogen-bond donors (Lipinski definition) is 3. The number of nitrogens with zero attached hydrogens (tertiary/aromatic N) is 2. The lowest BCUT2D eigenvalue weighted by molar-refractivity contribution is 0.414. The fraction of sp³-hybridized carbons (Fsp3) is 0.143. The zero-order valence-electron chi connectivity index (χ0n) is 11.5. The van der Waals surface area contributed by atoms with E-state index >= 15 is 0 Å². The van der Waals surface area contributed by atoms with E-state index in [1.807, 2.05) is 35.7 Å². The van der Waals surface area contributed by atoms with Gasteiger partial charge in [0.2, 0.25) is 5.95 Å². The molecule has 0 radical (unpaired) electrons. The van der Waals surface area contributed by atoms with Crippen molar-refractivity contribution < 1.29 is 4.74 Å². The molecular formula is C14H15N5OS. The van der Waals surface area contributed by atoms with Gasteiger partial charge in [0.25, 0.3) is 0 Å². The molecule has 0 aliphatic carbocycles. The van der Waals surface area contributed by atoms with E-state index in [-0.39, 0.29) is 0 Å². The van der Waals surface area contributed by atoms with Gasteiger partial charge in [0.1, 0.15) is 16.4 Å². The van der Waals surface area contributed by atoms with Gasteiger partial charge in [-0.05, 0) is 29.1 Å². The van der Waals surface area contributed by atoms with Gasteiger partial charge in [-0.15, -0.1) is 11.3 Å². The van der Waals surface area contributed by atoms with E-state index in [0.29, 0.717) is 12.5 Å². The molecule has 0 unspecified atom stereocenters. The summed E-state index contributed by atoms with van der Waals surface area (Å²) in [6.07, 6.45) is 0. The Bertz CT molecular complexity index is 758. The first kappa shape index (κ1) is 13.6. The van der Waals surface area contributed by atoms with E-state index in [0.717, 1.165) is 27.3 Å². The van der Waals surface area contributed by atoms with Crippen LogP contribution in [0, 0.1) is 0 Å². The average Bonchev–Trinajstić information content (AvgIpc) is 3.01. The van der Waals surface area contributed by atoms with Crippen LogP contribution in [0.4, 0.5) is 11.8 Å². The molecule has 0 atom stereocenters. The molecule has 0 saturated heterocycles. The number of ether oxygens (including phenoxy) is 1. The molecule has 3 rings (SSSR count). The number of thiophene rings is 1. The number of methoxy groups -OCH3 is 1. The van der Waals surface area contributed by atoms with Crippen LogP contribution < -0.4 is 21.3 Å². The second kappa shape index (κ2) is 5.94. The first-order valence-electron chi connectivity index (χ1n) is 6.39. The molecule has 2 heterocycles. The minimum absolute atomic E-state index is 0.401. The normalized spacial score (nSPS) is 10.6. The minimum Gasteiger partial charge on any atom is -0.497 e. The molecule has 21 heavy (non-hydrogen) atoms. The summed E-state index contributed by atoms with van der Waals surface area (Å²) in [6.45, 7) is 0.642. The molecule has 0 saturated carbocycles. The molecule has 0 spiro atoms. The Morgan fingerprint density at radius 2 is 2.19 bits per heavy atom. The van der Waals surface area contributed by atoms with E-state index < -0.39 is 0 Å². The van der Waals surface area contributed by atoms with E-state index in [4.69, 9.17) is 10.6 Å². The number of nitrogens with one attached hydrogen (secondary N) is 2. The van der Waals surface area contributed by atoms with Gasteiger partial charge in [-0.3, -0.25) is 5.43 Å². The predicted octanol–water partition coefficient (Wildman–Crippen LogP) is 2.60. The lowest BCUT2D eigenvalue weighted by atomic mass is 10.2. The van der Waals surface area contributed by atoms with Crippen LogP contribution in [0.2, 0.25) is 0 Å². The Morgan fingerprint density at radius 3 is 3.00 bits per heavy atom. The van der Waals surface area contributed by atoms with Crippen molar-refractivity contribution in [1.82, 2.24) is 9.97 Å². The number of anilines is 2. The van der Waals surface area contributed by atoms with Gasteiger partial charge < -0.3 is 10.1 Å². The summed E-state index contributed by atoms with van der Waals surface area (Å²) in [5.41, 5.74) is 3.60. The zero-order chi connectivity index (χ0) is 14.7. The van der Waals surface area contributed by atoms with Gasteiger partial charge >= 0.3 is 0 Å². The van der Waals surface area contributed by atoms with Crippen molar-refractivity contribution in [2.24, 2.45) is 5.84 Å². The van der Waals surface area contributed by atoms with Gasteiger partial charge in [-0.2, -0.15) is 4.98 Å². The molecule has 0 bridgehead atoms. The monoisotopic (exact) mass is 301 g/mol. The third kappa shape index (κ3) is 2.88. The Balaban J connectivity index is 1.85. The average molecular weight is 301 g/mol. The SMILES string of the molecule is COc1cccc(CNc2nc(NN)nc3sccc23)c1. The summed E-state index contributed by atoms with van der Waals surface area (Å²) in [7, 11) is 1.66. The highest BCUT2D eigenvalue weighted by molar-refractivity contribution is 7.16. The lowest BCUT2D eigenvalue weighted by Gasteiger charge is -2.09. The summed E-state index contributed by atoms with van der Waals surface area (Å²) >= 11 is 1.55. The number of hydrogen-bond acceptors (Lipinski definition) is 7. The van der Waals surface area contributed by atoms with Crippen LogP contribution >= 0.6 is 11.3 Å². The smallest absolute Gasteiger partial charge is 0.240 e. The van der Waals surface area contributed by atoms with Crippen molar-refractivity contribution in [2.45, 2.75) is 6.54 Å². The van der Waals surface area contributed by atoms with Gasteiger partial charge in [0, 0.05) is 6.54 Å². The van der Waals surface area contributed by atoms with Crippen molar-refractivity contribution in [3.05, 3.63) is 41.3 Å². The maximum absolute atomic E-state index is 5.41.